The van der Waals surface area contributed by atoms with Gasteiger partial charge in [-0.05, 0) is 37.5 Å². The second kappa shape index (κ2) is 8.92. The molecule has 0 saturated heterocycles. The van der Waals surface area contributed by atoms with Gasteiger partial charge in [0.2, 0.25) is 5.91 Å². The van der Waals surface area contributed by atoms with Crippen LogP contribution in [0.5, 0.6) is 0 Å². The van der Waals surface area contributed by atoms with Crippen molar-refractivity contribution in [2.75, 3.05) is 5.75 Å². The van der Waals surface area contributed by atoms with Crippen molar-refractivity contribution >= 4 is 15.7 Å². The highest BCUT2D eigenvalue weighted by Crippen LogP contribution is 2.35. The third kappa shape index (κ3) is 5.66. The van der Waals surface area contributed by atoms with Crippen LogP contribution in [0, 0.1) is 18.3 Å². The molecule has 0 aliphatic heterocycles. The number of carbonyl (C=O) groups excluding carboxylic acids is 1. The first-order chi connectivity index (χ1) is 15.0. The van der Waals surface area contributed by atoms with Gasteiger partial charge in [-0.3, -0.25) is 10.1 Å². The molecule has 1 aliphatic rings. The highest BCUT2D eigenvalue weighted by molar-refractivity contribution is 7.91. The fraction of sp³-hybridized carbons (Fsp3) is 0.364. The summed E-state index contributed by atoms with van der Waals surface area (Å²) < 4.78 is 67.4. The Kier molecular flexibility index (Phi) is 6.62. The number of alkyl halides is 3. The van der Waals surface area contributed by atoms with Crippen LogP contribution < -0.4 is 10.6 Å². The molecule has 0 bridgehead atoms. The summed E-state index contributed by atoms with van der Waals surface area (Å²) in [6.45, 7) is 1.76. The molecule has 2 aromatic rings. The molecule has 2 atom stereocenters. The van der Waals surface area contributed by atoms with Gasteiger partial charge >= 0.3 is 6.18 Å². The van der Waals surface area contributed by atoms with Crippen LogP contribution in [0.1, 0.15) is 30.0 Å². The summed E-state index contributed by atoms with van der Waals surface area (Å²) in [6, 6.07) is 10.6. The summed E-state index contributed by atoms with van der Waals surface area (Å²) >= 11 is 0. The Morgan fingerprint density at radius 2 is 1.72 bits per heavy atom. The van der Waals surface area contributed by atoms with Gasteiger partial charge in [0.05, 0.1) is 16.7 Å². The van der Waals surface area contributed by atoms with Crippen molar-refractivity contribution in [1.29, 1.82) is 5.26 Å². The van der Waals surface area contributed by atoms with E-state index >= 15 is 0 Å². The molecule has 2 aromatic carbocycles. The maximum Gasteiger partial charge on any atom is 0.407 e. The monoisotopic (exact) mass is 465 g/mol. The van der Waals surface area contributed by atoms with Crippen molar-refractivity contribution in [2.45, 2.75) is 48.5 Å². The van der Waals surface area contributed by atoms with Crippen LogP contribution in [-0.2, 0) is 14.6 Å². The quantitative estimate of drug-likeness (QED) is 0.624. The molecule has 32 heavy (non-hydrogen) atoms. The Balaban J connectivity index is 1.93. The number of hydrogen-bond donors (Lipinski definition) is 2. The van der Waals surface area contributed by atoms with E-state index in [4.69, 9.17) is 0 Å². The van der Waals surface area contributed by atoms with Crippen LogP contribution in [0.3, 0.4) is 0 Å². The molecule has 6 nitrogen and oxygen atoms in total. The largest absolute Gasteiger partial charge is 0.407 e. The minimum atomic E-state index is -4.79. The Morgan fingerprint density at radius 3 is 2.22 bits per heavy atom. The number of nitriles is 1. The van der Waals surface area contributed by atoms with E-state index in [9.17, 15) is 31.6 Å². The molecule has 1 fully saturated rings. The molecule has 0 radical (unpaired) electrons. The molecule has 0 unspecified atom stereocenters. The van der Waals surface area contributed by atoms with Crippen molar-refractivity contribution in [3.8, 4) is 6.07 Å². The van der Waals surface area contributed by atoms with Crippen LogP contribution >= 0.6 is 0 Å². The van der Waals surface area contributed by atoms with E-state index in [1.807, 2.05) is 6.07 Å². The fourth-order valence-electron chi connectivity index (χ4n) is 3.20. The smallest absolute Gasteiger partial charge is 0.336 e. The van der Waals surface area contributed by atoms with Gasteiger partial charge in [-0.25, -0.2) is 8.42 Å². The van der Waals surface area contributed by atoms with E-state index in [1.54, 1.807) is 25.1 Å². The number of hydrogen-bond acceptors (Lipinski definition) is 5. The third-order valence-electron chi connectivity index (χ3n) is 5.24. The number of sulfone groups is 1. The first-order valence-corrected chi connectivity index (χ1v) is 11.5. The Morgan fingerprint density at radius 1 is 1.12 bits per heavy atom. The highest BCUT2D eigenvalue weighted by Gasteiger charge is 2.48. The van der Waals surface area contributed by atoms with Gasteiger partial charge in [0, 0.05) is 0 Å². The molecule has 170 valence electrons. The number of halogens is 3. The van der Waals surface area contributed by atoms with Crippen molar-refractivity contribution in [3.05, 3.63) is 65.7 Å². The molecular formula is C22H22F3N3O3S. The minimum absolute atomic E-state index is 0.104. The lowest BCUT2D eigenvalue weighted by molar-refractivity contribution is -0.160. The van der Waals surface area contributed by atoms with Crippen LogP contribution in [0.2, 0.25) is 0 Å². The zero-order chi connectivity index (χ0) is 23.6. The number of rotatable bonds is 8. The summed E-state index contributed by atoms with van der Waals surface area (Å²) in [4.78, 5) is 12.8. The molecule has 2 N–H and O–H groups in total. The molecule has 3 rings (SSSR count). The second-order valence-electron chi connectivity index (χ2n) is 7.88. The van der Waals surface area contributed by atoms with Crippen LogP contribution in [0.25, 0.3) is 0 Å². The molecule has 1 saturated carbocycles. The average Bonchev–Trinajstić information content (AvgIpc) is 3.51. The molecule has 0 heterocycles. The van der Waals surface area contributed by atoms with Gasteiger partial charge in [0.15, 0.2) is 9.84 Å². The number of nitrogens with zero attached hydrogens (tertiary/aromatic N) is 1. The number of aryl methyl sites for hydroxylation is 1. The number of nitrogens with one attached hydrogen (secondary N) is 2. The SMILES string of the molecule is Cc1ccc(S(=O)(=O)C[C@H](N[C@@H](c2ccccc2)C(F)(F)F)C(=O)NC2(C#N)CC2)cc1. The molecule has 1 amide bonds. The van der Waals surface area contributed by atoms with Gasteiger partial charge in [0.25, 0.3) is 0 Å². The fourth-order valence-corrected chi connectivity index (χ4v) is 4.63. The van der Waals surface area contributed by atoms with Gasteiger partial charge in [-0.2, -0.15) is 18.4 Å². The Labute approximate surface area is 184 Å². The van der Waals surface area contributed by atoms with Crippen molar-refractivity contribution in [3.63, 3.8) is 0 Å². The Bertz CT molecular complexity index is 1110. The molecule has 0 aromatic heterocycles. The van der Waals surface area contributed by atoms with Gasteiger partial charge in [-0.1, -0.05) is 48.0 Å². The highest BCUT2D eigenvalue weighted by atomic mass is 32.2. The predicted octanol–water partition coefficient (Wildman–Crippen LogP) is 3.20. The van der Waals surface area contributed by atoms with Gasteiger partial charge in [0.1, 0.15) is 17.6 Å². The number of amides is 1. The van der Waals surface area contributed by atoms with E-state index in [1.165, 1.54) is 36.4 Å². The molecule has 0 spiro atoms. The predicted molar refractivity (Wildman–Crippen MR) is 111 cm³/mol. The lowest BCUT2D eigenvalue weighted by Gasteiger charge is -2.28. The van der Waals surface area contributed by atoms with Crippen LogP contribution in [0.4, 0.5) is 13.2 Å². The third-order valence-corrected chi connectivity index (χ3v) is 7.00. The number of benzene rings is 2. The van der Waals surface area contributed by atoms with Gasteiger partial charge in [-0.15, -0.1) is 0 Å². The summed E-state index contributed by atoms with van der Waals surface area (Å²) in [5.41, 5.74) is -0.514. The summed E-state index contributed by atoms with van der Waals surface area (Å²) in [5, 5.41) is 13.8. The molecular weight excluding hydrogens is 443 g/mol. The van der Waals surface area contributed by atoms with Crippen LogP contribution in [-0.4, -0.2) is 37.8 Å². The van der Waals surface area contributed by atoms with E-state index < -0.39 is 45.3 Å². The summed E-state index contributed by atoms with van der Waals surface area (Å²) in [7, 11) is -4.11. The Hall–Kier alpha value is -2.90. The average molecular weight is 465 g/mol. The molecule has 10 heteroatoms. The van der Waals surface area contributed by atoms with E-state index in [-0.39, 0.29) is 10.5 Å². The van der Waals surface area contributed by atoms with E-state index in [0.717, 1.165) is 5.56 Å². The van der Waals surface area contributed by atoms with E-state index in [2.05, 4.69) is 10.6 Å². The summed E-state index contributed by atoms with van der Waals surface area (Å²) in [5.74, 6) is -1.87. The minimum Gasteiger partial charge on any atom is -0.336 e. The van der Waals surface area contributed by atoms with Crippen LogP contribution in [0.15, 0.2) is 59.5 Å². The zero-order valence-electron chi connectivity index (χ0n) is 17.2. The van der Waals surface area contributed by atoms with Crippen molar-refractivity contribution < 1.29 is 26.4 Å². The standard InChI is InChI=1S/C22H22F3N3O3S/c1-15-7-9-17(10-8-15)32(30,31)13-18(20(29)28-21(14-26)11-12-21)27-19(22(23,24)25)16-5-3-2-4-6-16/h2-10,18-19,27H,11-13H2,1H3,(H,28,29)/t18-,19-/m0/s1. The normalized spacial score (nSPS) is 17.1. The van der Waals surface area contributed by atoms with Gasteiger partial charge < -0.3 is 5.32 Å². The molecule has 1 aliphatic carbocycles. The van der Waals surface area contributed by atoms with Crippen molar-refractivity contribution in [2.24, 2.45) is 0 Å². The van der Waals surface area contributed by atoms with E-state index in [0.29, 0.717) is 12.8 Å². The van der Waals surface area contributed by atoms with Crippen molar-refractivity contribution in [1.82, 2.24) is 10.6 Å². The lowest BCUT2D eigenvalue weighted by Crippen LogP contribution is -2.54. The maximum absolute atomic E-state index is 13.9. The lowest BCUT2D eigenvalue weighted by atomic mass is 10.1. The topological polar surface area (TPSA) is 99.1 Å². The summed E-state index contributed by atoms with van der Waals surface area (Å²) in [6.07, 6.45) is -4.08. The second-order valence-corrected chi connectivity index (χ2v) is 9.92. The maximum atomic E-state index is 13.9. The number of carbonyl (C=O) groups is 1. The zero-order valence-corrected chi connectivity index (χ0v) is 18.0. The first kappa shape index (κ1) is 23.8. The first-order valence-electron chi connectivity index (χ1n) is 9.86.